The zero-order valence-electron chi connectivity index (χ0n) is 13.7. The number of rotatable bonds is 16. The van der Waals surface area contributed by atoms with E-state index in [0.29, 0.717) is 0 Å². The van der Waals surface area contributed by atoms with Crippen molar-refractivity contribution >= 4 is 12.8 Å². The molecular formula is C18H37NS. The van der Waals surface area contributed by atoms with Crippen molar-refractivity contribution < 1.29 is 4.72 Å². The summed E-state index contributed by atoms with van der Waals surface area (Å²) in [6, 6.07) is 0. The molecule has 0 aromatic carbocycles. The normalized spacial score (nSPS) is 11.5. The van der Waals surface area contributed by atoms with Gasteiger partial charge in [-0.2, -0.15) is 0 Å². The van der Waals surface area contributed by atoms with E-state index in [1.54, 1.807) is 0 Å². The van der Waals surface area contributed by atoms with Gasteiger partial charge < -0.3 is 17.5 Å². The van der Waals surface area contributed by atoms with E-state index in [1.807, 2.05) is 4.72 Å². The molecule has 120 valence electrons. The Kier molecular flexibility index (Phi) is 19.1. The van der Waals surface area contributed by atoms with Gasteiger partial charge in [-0.05, 0) is 38.5 Å². The molecule has 0 spiro atoms. The van der Waals surface area contributed by atoms with Crippen LogP contribution in [0, 0.1) is 0 Å². The molecule has 2 N–H and O–H groups in total. The Morgan fingerprint density at radius 3 is 1.60 bits per heavy atom. The molecule has 0 amide bonds. The van der Waals surface area contributed by atoms with Crippen LogP contribution in [-0.2, 0) is 12.8 Å². The van der Waals surface area contributed by atoms with E-state index < -0.39 is 0 Å². The number of nitrogens with two attached hydrogens (primary N) is 1. The second-order valence-electron chi connectivity index (χ2n) is 5.89. The maximum atomic E-state index is 4.82. The van der Waals surface area contributed by atoms with E-state index in [9.17, 15) is 0 Å². The second kappa shape index (κ2) is 19.1. The van der Waals surface area contributed by atoms with Gasteiger partial charge in [0.15, 0.2) is 0 Å². The average Bonchev–Trinajstić information content (AvgIpc) is 2.47. The maximum absolute atomic E-state index is 4.82. The van der Waals surface area contributed by atoms with Crippen LogP contribution in [0.1, 0.15) is 96.8 Å². The molecule has 0 rings (SSSR count). The highest BCUT2D eigenvalue weighted by Crippen LogP contribution is 2.09. The Labute approximate surface area is 133 Å². The lowest BCUT2D eigenvalue weighted by Gasteiger charge is -2.02. The van der Waals surface area contributed by atoms with Gasteiger partial charge >= 0.3 is 0 Å². The number of quaternary nitrogens is 1. The lowest BCUT2D eigenvalue weighted by molar-refractivity contribution is -0.479. The minimum Gasteiger partial charge on any atom is -0.498 e. The lowest BCUT2D eigenvalue weighted by atomic mass is 10.1. The van der Waals surface area contributed by atoms with Gasteiger partial charge in [0.25, 0.3) is 0 Å². The third kappa shape index (κ3) is 18.0. The smallest absolute Gasteiger partial charge is 0.0592 e. The van der Waals surface area contributed by atoms with Crippen LogP contribution in [0.15, 0.2) is 12.2 Å². The fourth-order valence-corrected chi connectivity index (χ4v) is 2.64. The summed E-state index contributed by atoms with van der Waals surface area (Å²) in [7, 11) is 0. The second-order valence-corrected chi connectivity index (χ2v) is 6.23. The summed E-state index contributed by atoms with van der Waals surface area (Å²) < 4.78 is 1.87. The van der Waals surface area contributed by atoms with Crippen molar-refractivity contribution in [3.8, 4) is 0 Å². The highest BCUT2D eigenvalue weighted by Gasteiger charge is 1.91. The molecule has 2 heteroatoms. The van der Waals surface area contributed by atoms with E-state index in [2.05, 4.69) is 19.1 Å². The van der Waals surface area contributed by atoms with Crippen molar-refractivity contribution in [3.05, 3.63) is 12.2 Å². The molecule has 1 nitrogen and oxygen atoms in total. The molecule has 0 unspecified atom stereocenters. The number of allylic oxidation sites excluding steroid dienone is 2. The van der Waals surface area contributed by atoms with E-state index in [4.69, 9.17) is 12.8 Å². The lowest BCUT2D eigenvalue weighted by Crippen LogP contribution is -2.77. The fraction of sp³-hybridized carbons (Fsp3) is 0.889. The first kappa shape index (κ1) is 20.1. The van der Waals surface area contributed by atoms with Crippen LogP contribution in [-0.4, -0.2) is 6.54 Å². The first-order valence-corrected chi connectivity index (χ1v) is 9.47. The van der Waals surface area contributed by atoms with Gasteiger partial charge in [-0.3, -0.25) is 0 Å². The van der Waals surface area contributed by atoms with Crippen molar-refractivity contribution in [1.82, 2.24) is 0 Å². The predicted octanol–water partition coefficient (Wildman–Crippen LogP) is 5.05. The number of unbranched alkanes of at least 4 members (excludes halogenated alkanes) is 12. The molecule has 0 radical (unpaired) electrons. The molecule has 0 bridgehead atoms. The Hall–Kier alpha value is 0.0500. The Balaban J connectivity index is 3.01. The molecule has 0 aliphatic heterocycles. The van der Waals surface area contributed by atoms with E-state index in [1.165, 1.54) is 89.9 Å². The van der Waals surface area contributed by atoms with Gasteiger partial charge in [0.2, 0.25) is 0 Å². The van der Waals surface area contributed by atoms with Gasteiger partial charge in [0.05, 0.1) is 6.54 Å². The molecule has 20 heavy (non-hydrogen) atoms. The van der Waals surface area contributed by atoms with Crippen LogP contribution in [0.2, 0.25) is 0 Å². The van der Waals surface area contributed by atoms with Gasteiger partial charge in [-0.25, -0.2) is 0 Å². The summed E-state index contributed by atoms with van der Waals surface area (Å²) in [5.41, 5.74) is 0. The molecule has 0 aromatic rings. The van der Waals surface area contributed by atoms with Crippen molar-refractivity contribution in [2.24, 2.45) is 0 Å². The van der Waals surface area contributed by atoms with Crippen molar-refractivity contribution in [3.63, 3.8) is 0 Å². The molecule has 0 aliphatic carbocycles. The molecule has 0 saturated carbocycles. The zero-order valence-corrected chi connectivity index (χ0v) is 14.6. The molecule has 0 atom stereocenters. The summed E-state index contributed by atoms with van der Waals surface area (Å²) >= 11 is 4.82. The Morgan fingerprint density at radius 1 is 0.650 bits per heavy atom. The van der Waals surface area contributed by atoms with Crippen LogP contribution in [0.5, 0.6) is 0 Å². The monoisotopic (exact) mass is 299 g/mol. The van der Waals surface area contributed by atoms with Gasteiger partial charge in [-0.15, -0.1) is 0 Å². The summed E-state index contributed by atoms with van der Waals surface area (Å²) in [5.74, 6) is 0. The largest absolute Gasteiger partial charge is 0.498 e. The highest BCUT2D eigenvalue weighted by molar-refractivity contribution is 7.50. The van der Waals surface area contributed by atoms with E-state index in [-0.39, 0.29) is 0 Å². The van der Waals surface area contributed by atoms with E-state index in [0.717, 1.165) is 6.54 Å². The van der Waals surface area contributed by atoms with Crippen LogP contribution in [0.3, 0.4) is 0 Å². The number of hydrogen-bond donors (Lipinski definition) is 1. The number of hydrogen-bond acceptors (Lipinski definition) is 1. The molecular weight excluding hydrogens is 262 g/mol. The molecule has 0 heterocycles. The summed E-state index contributed by atoms with van der Waals surface area (Å²) in [6.45, 7) is 3.40. The first-order valence-electron chi connectivity index (χ1n) is 9.00. The Morgan fingerprint density at radius 2 is 1.10 bits per heavy atom. The topological polar surface area (TPSA) is 16.6 Å². The van der Waals surface area contributed by atoms with Gasteiger partial charge in [0, 0.05) is 0 Å². The first-order chi connectivity index (χ1) is 9.91. The van der Waals surface area contributed by atoms with Crippen LogP contribution in [0.4, 0.5) is 0 Å². The van der Waals surface area contributed by atoms with E-state index >= 15 is 0 Å². The fourth-order valence-electron chi connectivity index (χ4n) is 2.48. The van der Waals surface area contributed by atoms with Crippen molar-refractivity contribution in [2.45, 2.75) is 96.8 Å². The van der Waals surface area contributed by atoms with Gasteiger partial charge in [-0.1, -0.05) is 70.4 Å². The highest BCUT2D eigenvalue weighted by atomic mass is 32.1. The predicted molar refractivity (Wildman–Crippen MR) is 93.6 cm³/mol. The molecule has 0 fully saturated rings. The van der Waals surface area contributed by atoms with Gasteiger partial charge in [0.1, 0.15) is 0 Å². The maximum Gasteiger partial charge on any atom is 0.0592 e. The molecule has 0 saturated heterocycles. The minimum atomic E-state index is 1.12. The van der Waals surface area contributed by atoms with Crippen molar-refractivity contribution in [2.75, 3.05) is 6.54 Å². The summed E-state index contributed by atoms with van der Waals surface area (Å²) in [5, 5.41) is 0. The molecule has 0 aromatic heterocycles. The van der Waals surface area contributed by atoms with Crippen LogP contribution >= 0.6 is 0 Å². The van der Waals surface area contributed by atoms with Crippen LogP contribution in [0.25, 0.3) is 0 Å². The average molecular weight is 300 g/mol. The molecule has 0 aliphatic rings. The summed E-state index contributed by atoms with van der Waals surface area (Å²) in [6.07, 6.45) is 24.1. The zero-order chi connectivity index (χ0) is 14.7. The van der Waals surface area contributed by atoms with Crippen molar-refractivity contribution in [1.29, 1.82) is 0 Å². The Bertz CT molecular complexity index is 192. The third-order valence-electron chi connectivity index (χ3n) is 3.83. The SMILES string of the molecule is CCCCCCCC/C=C\CCCCCCCC[NH2+][S-]. The quantitative estimate of drug-likeness (QED) is 0.240. The minimum absolute atomic E-state index is 1.12. The summed E-state index contributed by atoms with van der Waals surface area (Å²) in [4.78, 5) is 0. The third-order valence-corrected chi connectivity index (χ3v) is 4.07. The van der Waals surface area contributed by atoms with Crippen LogP contribution < -0.4 is 4.72 Å². The standard InChI is InChI=1S/C18H37NS/c1-2-3-4-5-6-7-8-9-10-11-12-13-14-15-16-17-18-19-20/h9-10H,2-8,11-19H2,1H3/b10-9-.